The standard InChI is InChI=1S/C18H12BrF/c19-18-10-9-17(20)12-16(18)8-6-13-5-7-14-3-1-2-4-15(14)11-13/h1-12H/b8-6+. The Balaban J connectivity index is 1.96. The Morgan fingerprint density at radius 1 is 0.800 bits per heavy atom. The van der Waals surface area contributed by atoms with Gasteiger partial charge in [-0.1, -0.05) is 64.5 Å². The summed E-state index contributed by atoms with van der Waals surface area (Å²) in [5, 5.41) is 2.42. The summed E-state index contributed by atoms with van der Waals surface area (Å²) in [5.74, 6) is -0.230. The predicted molar refractivity (Wildman–Crippen MR) is 87.0 cm³/mol. The van der Waals surface area contributed by atoms with E-state index in [4.69, 9.17) is 0 Å². The van der Waals surface area contributed by atoms with E-state index in [-0.39, 0.29) is 5.82 Å². The maximum atomic E-state index is 13.2. The molecule has 0 aromatic heterocycles. The minimum absolute atomic E-state index is 0.230. The summed E-state index contributed by atoms with van der Waals surface area (Å²) in [7, 11) is 0. The molecule has 0 saturated carbocycles. The van der Waals surface area contributed by atoms with Crippen molar-refractivity contribution in [3.63, 3.8) is 0 Å². The van der Waals surface area contributed by atoms with E-state index < -0.39 is 0 Å². The fourth-order valence-corrected chi connectivity index (χ4v) is 2.52. The highest BCUT2D eigenvalue weighted by Crippen LogP contribution is 2.21. The molecule has 98 valence electrons. The third-order valence-corrected chi connectivity index (χ3v) is 3.91. The van der Waals surface area contributed by atoms with Gasteiger partial charge in [-0.05, 0) is 46.2 Å². The maximum Gasteiger partial charge on any atom is 0.123 e. The molecule has 2 heteroatoms. The second kappa shape index (κ2) is 5.59. The van der Waals surface area contributed by atoms with E-state index in [2.05, 4.69) is 46.3 Å². The summed E-state index contributed by atoms with van der Waals surface area (Å²) in [6.45, 7) is 0. The number of rotatable bonds is 2. The van der Waals surface area contributed by atoms with Crippen molar-refractivity contribution in [2.24, 2.45) is 0 Å². The molecule has 0 fully saturated rings. The molecule has 0 saturated heterocycles. The Hall–Kier alpha value is -1.93. The van der Waals surface area contributed by atoms with E-state index in [1.165, 1.54) is 22.9 Å². The third kappa shape index (κ3) is 2.81. The van der Waals surface area contributed by atoms with Gasteiger partial charge in [0.15, 0.2) is 0 Å². The summed E-state index contributed by atoms with van der Waals surface area (Å²) in [5.41, 5.74) is 1.93. The van der Waals surface area contributed by atoms with E-state index in [9.17, 15) is 4.39 Å². The van der Waals surface area contributed by atoms with Crippen molar-refractivity contribution in [3.8, 4) is 0 Å². The largest absolute Gasteiger partial charge is 0.207 e. The zero-order chi connectivity index (χ0) is 13.9. The van der Waals surface area contributed by atoms with Crippen LogP contribution in [0.15, 0.2) is 65.1 Å². The molecule has 0 aliphatic carbocycles. The van der Waals surface area contributed by atoms with Crippen LogP contribution in [0.5, 0.6) is 0 Å². The summed E-state index contributed by atoms with van der Waals surface area (Å²) in [4.78, 5) is 0. The molecule has 3 rings (SSSR count). The molecule has 20 heavy (non-hydrogen) atoms. The number of hydrogen-bond donors (Lipinski definition) is 0. The first-order valence-corrected chi connectivity index (χ1v) is 7.14. The molecule has 3 aromatic rings. The highest BCUT2D eigenvalue weighted by molar-refractivity contribution is 9.10. The number of hydrogen-bond acceptors (Lipinski definition) is 0. The van der Waals surface area contributed by atoms with Crippen LogP contribution in [0.1, 0.15) is 11.1 Å². The lowest BCUT2D eigenvalue weighted by Crippen LogP contribution is -1.80. The van der Waals surface area contributed by atoms with Gasteiger partial charge < -0.3 is 0 Å². The Kier molecular flexibility index (Phi) is 3.66. The summed E-state index contributed by atoms with van der Waals surface area (Å²) in [6, 6.07) is 19.2. The van der Waals surface area contributed by atoms with Crippen LogP contribution < -0.4 is 0 Å². The van der Waals surface area contributed by atoms with Gasteiger partial charge in [0.2, 0.25) is 0 Å². The quantitative estimate of drug-likeness (QED) is 0.513. The fourth-order valence-electron chi connectivity index (χ4n) is 2.14. The normalized spacial score (nSPS) is 11.3. The van der Waals surface area contributed by atoms with Crippen molar-refractivity contribution in [1.29, 1.82) is 0 Å². The van der Waals surface area contributed by atoms with Crippen molar-refractivity contribution in [2.75, 3.05) is 0 Å². The van der Waals surface area contributed by atoms with Gasteiger partial charge in [-0.2, -0.15) is 0 Å². The molecular weight excluding hydrogens is 315 g/mol. The highest BCUT2D eigenvalue weighted by atomic mass is 79.9. The molecule has 0 radical (unpaired) electrons. The monoisotopic (exact) mass is 326 g/mol. The van der Waals surface area contributed by atoms with Crippen molar-refractivity contribution < 1.29 is 4.39 Å². The minimum atomic E-state index is -0.230. The Bertz CT molecular complexity index is 790. The first-order valence-electron chi connectivity index (χ1n) is 6.34. The zero-order valence-corrected chi connectivity index (χ0v) is 12.3. The average Bonchev–Trinajstić information content (AvgIpc) is 2.48. The highest BCUT2D eigenvalue weighted by Gasteiger charge is 1.98. The predicted octanol–water partition coefficient (Wildman–Crippen LogP) is 5.91. The van der Waals surface area contributed by atoms with Crippen LogP contribution in [0, 0.1) is 5.82 Å². The van der Waals surface area contributed by atoms with E-state index in [0.717, 1.165) is 15.6 Å². The van der Waals surface area contributed by atoms with Crippen molar-refractivity contribution >= 4 is 38.9 Å². The lowest BCUT2D eigenvalue weighted by atomic mass is 10.1. The van der Waals surface area contributed by atoms with Gasteiger partial charge in [-0.3, -0.25) is 0 Å². The van der Waals surface area contributed by atoms with Gasteiger partial charge in [-0.15, -0.1) is 0 Å². The van der Waals surface area contributed by atoms with E-state index in [1.807, 2.05) is 24.3 Å². The van der Waals surface area contributed by atoms with Gasteiger partial charge in [0.05, 0.1) is 0 Å². The first kappa shape index (κ1) is 13.1. The second-order valence-corrected chi connectivity index (χ2v) is 5.46. The third-order valence-electron chi connectivity index (χ3n) is 3.19. The van der Waals surface area contributed by atoms with Crippen LogP contribution in [-0.2, 0) is 0 Å². The first-order chi connectivity index (χ1) is 9.72. The molecule has 0 heterocycles. The Morgan fingerprint density at radius 3 is 2.45 bits per heavy atom. The van der Waals surface area contributed by atoms with Gasteiger partial charge in [0.1, 0.15) is 5.82 Å². The topological polar surface area (TPSA) is 0 Å². The van der Waals surface area contributed by atoms with Gasteiger partial charge >= 0.3 is 0 Å². The van der Waals surface area contributed by atoms with Crippen LogP contribution in [-0.4, -0.2) is 0 Å². The van der Waals surface area contributed by atoms with Crippen molar-refractivity contribution in [3.05, 3.63) is 82.1 Å². The average molecular weight is 327 g/mol. The molecule has 0 N–H and O–H groups in total. The Morgan fingerprint density at radius 2 is 1.60 bits per heavy atom. The summed E-state index contributed by atoms with van der Waals surface area (Å²) < 4.78 is 14.1. The molecule has 0 aliphatic rings. The minimum Gasteiger partial charge on any atom is -0.207 e. The molecule has 0 nitrogen and oxygen atoms in total. The molecule has 0 amide bonds. The number of benzene rings is 3. The van der Waals surface area contributed by atoms with Crippen LogP contribution in [0.2, 0.25) is 0 Å². The summed E-state index contributed by atoms with van der Waals surface area (Å²) >= 11 is 3.43. The van der Waals surface area contributed by atoms with E-state index in [0.29, 0.717) is 0 Å². The Labute approximate surface area is 125 Å². The summed E-state index contributed by atoms with van der Waals surface area (Å²) in [6.07, 6.45) is 3.91. The molecule has 0 aliphatic heterocycles. The SMILES string of the molecule is Fc1ccc(Br)c(/C=C/c2ccc3ccccc3c2)c1. The van der Waals surface area contributed by atoms with Crippen LogP contribution in [0.3, 0.4) is 0 Å². The van der Waals surface area contributed by atoms with Gasteiger partial charge in [0, 0.05) is 4.47 Å². The smallest absolute Gasteiger partial charge is 0.123 e. The zero-order valence-electron chi connectivity index (χ0n) is 10.7. The fraction of sp³-hybridized carbons (Fsp3) is 0. The molecule has 0 atom stereocenters. The van der Waals surface area contributed by atoms with E-state index in [1.54, 1.807) is 6.07 Å². The van der Waals surface area contributed by atoms with Crippen molar-refractivity contribution in [2.45, 2.75) is 0 Å². The van der Waals surface area contributed by atoms with Crippen LogP contribution in [0.4, 0.5) is 4.39 Å². The maximum absolute atomic E-state index is 13.2. The van der Waals surface area contributed by atoms with Gasteiger partial charge in [0.25, 0.3) is 0 Å². The van der Waals surface area contributed by atoms with Crippen molar-refractivity contribution in [1.82, 2.24) is 0 Å². The molecule has 0 bridgehead atoms. The molecule has 0 unspecified atom stereocenters. The second-order valence-electron chi connectivity index (χ2n) is 4.61. The van der Waals surface area contributed by atoms with E-state index >= 15 is 0 Å². The number of fused-ring (bicyclic) bond motifs is 1. The molecule has 0 spiro atoms. The lowest BCUT2D eigenvalue weighted by molar-refractivity contribution is 0.627. The van der Waals surface area contributed by atoms with Gasteiger partial charge in [-0.25, -0.2) is 4.39 Å². The molecule has 3 aromatic carbocycles. The molecular formula is C18H12BrF. The lowest BCUT2D eigenvalue weighted by Gasteiger charge is -2.01. The van der Waals surface area contributed by atoms with Crippen LogP contribution in [0.25, 0.3) is 22.9 Å². The van der Waals surface area contributed by atoms with Crippen LogP contribution >= 0.6 is 15.9 Å². The number of halogens is 2.